The summed E-state index contributed by atoms with van der Waals surface area (Å²) >= 11 is 0. The fraction of sp³-hybridized carbons (Fsp3) is 0.500. The lowest BCUT2D eigenvalue weighted by Gasteiger charge is -2.34. The lowest BCUT2D eigenvalue weighted by atomic mass is 10.0. The number of hydrogen-bond donors (Lipinski definition) is 1. The fourth-order valence-corrected chi connectivity index (χ4v) is 3.47. The van der Waals surface area contributed by atoms with Gasteiger partial charge in [0.25, 0.3) is 0 Å². The summed E-state index contributed by atoms with van der Waals surface area (Å²) in [5.74, 6) is 0.776. The lowest BCUT2D eigenvalue weighted by Crippen LogP contribution is -2.51. The van der Waals surface area contributed by atoms with E-state index in [1.165, 1.54) is 6.07 Å². The van der Waals surface area contributed by atoms with Crippen molar-refractivity contribution in [3.63, 3.8) is 0 Å². The number of nitrogens with zero attached hydrogens (tertiary/aromatic N) is 4. The Morgan fingerprint density at radius 3 is 2.96 bits per heavy atom. The first-order valence-electron chi connectivity index (χ1n) is 9.48. The predicted molar refractivity (Wildman–Crippen MR) is 103 cm³/mol. The highest BCUT2D eigenvalue weighted by Crippen LogP contribution is 2.16. The van der Waals surface area contributed by atoms with E-state index in [2.05, 4.69) is 15.2 Å². The maximum atomic E-state index is 13.9. The average Bonchev–Trinajstić information content (AvgIpc) is 3.07. The molecule has 1 aliphatic heterocycles. The number of rotatable bonds is 6. The van der Waals surface area contributed by atoms with Crippen LogP contribution in [0.1, 0.15) is 24.2 Å². The fourth-order valence-electron chi connectivity index (χ4n) is 3.47. The van der Waals surface area contributed by atoms with E-state index < -0.39 is 0 Å². The summed E-state index contributed by atoms with van der Waals surface area (Å²) in [6, 6.07) is 6.91. The number of amides is 2. The standard InChI is InChI=1S/C20H28FN5O/c1-16-22-9-11-26(16)13-12-24(2)20(27)23-18-7-5-10-25(15-18)14-17-6-3-4-8-19(17)21/h3-4,6,8-9,11,18H,5,7,10,12-15H2,1-2H3,(H,23,27)/t18-/m0/s1. The molecule has 0 radical (unpaired) electrons. The molecule has 0 spiro atoms. The van der Waals surface area contributed by atoms with E-state index in [1.807, 2.05) is 36.9 Å². The second-order valence-corrected chi connectivity index (χ2v) is 7.20. The molecule has 0 unspecified atom stereocenters. The number of benzene rings is 1. The van der Waals surface area contributed by atoms with E-state index in [1.54, 1.807) is 17.2 Å². The Kier molecular flexibility index (Phi) is 6.45. The smallest absolute Gasteiger partial charge is 0.317 e. The Labute approximate surface area is 160 Å². The third-order valence-electron chi connectivity index (χ3n) is 5.13. The van der Waals surface area contributed by atoms with Gasteiger partial charge in [-0.3, -0.25) is 4.90 Å². The molecular formula is C20H28FN5O. The Morgan fingerprint density at radius 1 is 1.41 bits per heavy atom. The van der Waals surface area contributed by atoms with Gasteiger partial charge in [-0.25, -0.2) is 14.2 Å². The zero-order valence-electron chi connectivity index (χ0n) is 16.1. The van der Waals surface area contributed by atoms with Crippen molar-refractivity contribution in [3.8, 4) is 0 Å². The second-order valence-electron chi connectivity index (χ2n) is 7.20. The quantitative estimate of drug-likeness (QED) is 0.847. The van der Waals surface area contributed by atoms with Crippen LogP contribution in [-0.4, -0.2) is 58.1 Å². The molecule has 0 bridgehead atoms. The highest BCUT2D eigenvalue weighted by Gasteiger charge is 2.23. The molecule has 3 rings (SSSR count). The monoisotopic (exact) mass is 373 g/mol. The molecule has 2 aromatic rings. The summed E-state index contributed by atoms with van der Waals surface area (Å²) in [4.78, 5) is 20.6. The van der Waals surface area contributed by atoms with Gasteiger partial charge in [-0.15, -0.1) is 0 Å². The number of aryl methyl sites for hydroxylation is 1. The molecule has 27 heavy (non-hydrogen) atoms. The zero-order chi connectivity index (χ0) is 19.2. The molecule has 146 valence electrons. The Bertz CT molecular complexity index is 762. The third-order valence-corrected chi connectivity index (χ3v) is 5.13. The van der Waals surface area contributed by atoms with Crippen LogP contribution in [-0.2, 0) is 13.1 Å². The minimum atomic E-state index is -0.168. The number of carbonyl (C=O) groups excluding carboxylic acids is 1. The molecule has 7 heteroatoms. The molecule has 1 N–H and O–H groups in total. The van der Waals surface area contributed by atoms with Crippen molar-refractivity contribution in [1.29, 1.82) is 0 Å². The number of imidazole rings is 1. The first-order chi connectivity index (χ1) is 13.0. The molecule has 1 saturated heterocycles. The van der Waals surface area contributed by atoms with Crippen LogP contribution < -0.4 is 5.32 Å². The van der Waals surface area contributed by atoms with Gasteiger partial charge in [-0.05, 0) is 32.4 Å². The van der Waals surface area contributed by atoms with Gasteiger partial charge in [0.1, 0.15) is 11.6 Å². The van der Waals surface area contributed by atoms with Crippen LogP contribution in [0.3, 0.4) is 0 Å². The molecule has 1 aliphatic rings. The third kappa shape index (κ3) is 5.29. The number of piperidine rings is 1. The van der Waals surface area contributed by atoms with Gasteiger partial charge in [-0.1, -0.05) is 18.2 Å². The van der Waals surface area contributed by atoms with Gasteiger partial charge < -0.3 is 14.8 Å². The number of aromatic nitrogens is 2. The highest BCUT2D eigenvalue weighted by molar-refractivity contribution is 5.74. The molecule has 1 fully saturated rings. The van der Waals surface area contributed by atoms with Crippen molar-refractivity contribution in [2.24, 2.45) is 0 Å². The number of carbonyl (C=O) groups is 1. The molecule has 1 aromatic heterocycles. The Hall–Kier alpha value is -2.41. The van der Waals surface area contributed by atoms with E-state index >= 15 is 0 Å². The molecule has 0 saturated carbocycles. The van der Waals surface area contributed by atoms with Crippen molar-refractivity contribution >= 4 is 6.03 Å². The summed E-state index contributed by atoms with van der Waals surface area (Å²) < 4.78 is 15.9. The van der Waals surface area contributed by atoms with Crippen LogP contribution >= 0.6 is 0 Å². The van der Waals surface area contributed by atoms with Crippen LogP contribution in [0.25, 0.3) is 0 Å². The van der Waals surface area contributed by atoms with E-state index in [4.69, 9.17) is 0 Å². The molecule has 0 aliphatic carbocycles. The van der Waals surface area contributed by atoms with Crippen LogP contribution in [0.4, 0.5) is 9.18 Å². The van der Waals surface area contributed by atoms with Crippen molar-refractivity contribution in [2.75, 3.05) is 26.7 Å². The van der Waals surface area contributed by atoms with Gasteiger partial charge in [0, 0.05) is 57.2 Å². The summed E-state index contributed by atoms with van der Waals surface area (Å²) in [5, 5.41) is 3.12. The SMILES string of the molecule is Cc1nccn1CCN(C)C(=O)N[C@H]1CCCN(Cc2ccccc2F)C1. The maximum absolute atomic E-state index is 13.9. The molecular weight excluding hydrogens is 345 g/mol. The van der Waals surface area contributed by atoms with E-state index in [0.29, 0.717) is 18.7 Å². The molecule has 2 amide bonds. The number of likely N-dealkylation sites (N-methyl/N-ethyl adjacent to an activating group) is 1. The predicted octanol–water partition coefficient (Wildman–Crippen LogP) is 2.64. The van der Waals surface area contributed by atoms with E-state index in [-0.39, 0.29) is 17.9 Å². The largest absolute Gasteiger partial charge is 0.334 e. The summed E-state index contributed by atoms with van der Waals surface area (Å²) in [6.07, 6.45) is 5.63. The van der Waals surface area contributed by atoms with Crippen LogP contribution in [0, 0.1) is 12.7 Å². The second kappa shape index (κ2) is 8.99. The summed E-state index contributed by atoms with van der Waals surface area (Å²) in [5.41, 5.74) is 0.706. The van der Waals surface area contributed by atoms with Gasteiger partial charge in [-0.2, -0.15) is 0 Å². The summed E-state index contributed by atoms with van der Waals surface area (Å²) in [7, 11) is 1.81. The summed E-state index contributed by atoms with van der Waals surface area (Å²) in [6.45, 7) is 5.54. The number of urea groups is 1. The number of likely N-dealkylation sites (tertiary alicyclic amines) is 1. The van der Waals surface area contributed by atoms with Crippen LogP contribution in [0.15, 0.2) is 36.7 Å². The normalized spacial score (nSPS) is 17.7. The maximum Gasteiger partial charge on any atom is 0.317 e. The molecule has 2 heterocycles. The van der Waals surface area contributed by atoms with Crippen molar-refractivity contribution < 1.29 is 9.18 Å². The van der Waals surface area contributed by atoms with Gasteiger partial charge in [0.15, 0.2) is 0 Å². The molecule has 6 nitrogen and oxygen atoms in total. The first-order valence-corrected chi connectivity index (χ1v) is 9.48. The van der Waals surface area contributed by atoms with E-state index in [0.717, 1.165) is 38.3 Å². The first kappa shape index (κ1) is 19.4. The zero-order valence-corrected chi connectivity index (χ0v) is 16.1. The average molecular weight is 373 g/mol. The Balaban J connectivity index is 1.47. The van der Waals surface area contributed by atoms with Gasteiger partial charge in [0.05, 0.1) is 0 Å². The van der Waals surface area contributed by atoms with E-state index in [9.17, 15) is 9.18 Å². The van der Waals surface area contributed by atoms with Crippen LogP contribution in [0.2, 0.25) is 0 Å². The number of nitrogens with one attached hydrogen (secondary N) is 1. The minimum Gasteiger partial charge on any atom is -0.334 e. The van der Waals surface area contributed by atoms with Crippen molar-refractivity contribution in [2.45, 2.75) is 38.9 Å². The van der Waals surface area contributed by atoms with Crippen molar-refractivity contribution in [1.82, 2.24) is 24.7 Å². The van der Waals surface area contributed by atoms with Crippen molar-refractivity contribution in [3.05, 3.63) is 53.9 Å². The van der Waals surface area contributed by atoms with Gasteiger partial charge >= 0.3 is 6.03 Å². The molecule has 1 atom stereocenters. The number of halogens is 1. The number of hydrogen-bond acceptors (Lipinski definition) is 3. The van der Waals surface area contributed by atoms with Gasteiger partial charge in [0.2, 0.25) is 0 Å². The topological polar surface area (TPSA) is 53.4 Å². The lowest BCUT2D eigenvalue weighted by molar-refractivity contribution is 0.166. The highest BCUT2D eigenvalue weighted by atomic mass is 19.1. The molecule has 1 aromatic carbocycles. The Morgan fingerprint density at radius 2 is 2.22 bits per heavy atom. The minimum absolute atomic E-state index is 0.0643. The van der Waals surface area contributed by atoms with Crippen LogP contribution in [0.5, 0.6) is 0 Å².